The molecule has 0 amide bonds. The zero-order valence-electron chi connectivity index (χ0n) is 27.1. The van der Waals surface area contributed by atoms with E-state index in [-0.39, 0.29) is 0 Å². The maximum absolute atomic E-state index is 5.33. The third-order valence-corrected chi connectivity index (χ3v) is 9.73. The maximum atomic E-state index is 5.33. The van der Waals surface area contributed by atoms with Crippen LogP contribution in [0.3, 0.4) is 0 Å². The molecule has 0 aliphatic carbocycles. The van der Waals surface area contributed by atoms with Crippen molar-refractivity contribution in [3.8, 4) is 45.3 Å². The minimum Gasteiger partial charge on any atom is -0.309 e. The quantitative estimate of drug-likeness (QED) is 0.188. The standard InChI is InChI=1S/C46H30N4/c1-4-16-31(17-5-1)46-47-40(38-26-14-24-36-34-22-10-12-28-42(34)49(44(36)38)32-18-6-2-7-19-32)30-41(48-46)39-27-15-25-37-35-23-11-13-29-43(35)50(45(37)39)33-20-8-3-9-21-33/h1-30H. The number of rotatable bonds is 5. The van der Waals surface area contributed by atoms with Gasteiger partial charge in [0.1, 0.15) is 0 Å². The number of aromatic nitrogens is 4. The molecule has 0 atom stereocenters. The minimum absolute atomic E-state index is 0.692. The first-order valence-electron chi connectivity index (χ1n) is 16.9. The molecule has 50 heavy (non-hydrogen) atoms. The highest BCUT2D eigenvalue weighted by Crippen LogP contribution is 2.41. The Hall–Kier alpha value is -6.78. The van der Waals surface area contributed by atoms with Crippen molar-refractivity contribution in [2.24, 2.45) is 0 Å². The average Bonchev–Trinajstić information content (AvgIpc) is 3.72. The van der Waals surface area contributed by atoms with Crippen molar-refractivity contribution in [3.05, 3.63) is 182 Å². The van der Waals surface area contributed by atoms with Gasteiger partial charge in [0.15, 0.2) is 5.82 Å². The molecule has 0 aliphatic rings. The highest BCUT2D eigenvalue weighted by Gasteiger charge is 2.21. The van der Waals surface area contributed by atoms with Crippen LogP contribution in [0.1, 0.15) is 0 Å². The van der Waals surface area contributed by atoms with E-state index in [2.05, 4.69) is 173 Å². The summed E-state index contributed by atoms with van der Waals surface area (Å²) in [6.07, 6.45) is 0. The van der Waals surface area contributed by atoms with Crippen LogP contribution >= 0.6 is 0 Å². The van der Waals surface area contributed by atoms with Crippen LogP contribution in [-0.2, 0) is 0 Å². The predicted octanol–water partition coefficient (Wildman–Crippen LogP) is 11.7. The molecule has 4 heteroatoms. The second kappa shape index (κ2) is 11.4. The van der Waals surface area contributed by atoms with E-state index >= 15 is 0 Å². The molecule has 0 saturated carbocycles. The number of para-hydroxylation sites is 6. The summed E-state index contributed by atoms with van der Waals surface area (Å²) < 4.78 is 4.75. The van der Waals surface area contributed by atoms with E-state index in [1.807, 2.05) is 18.2 Å². The summed E-state index contributed by atoms with van der Waals surface area (Å²) in [7, 11) is 0. The van der Waals surface area contributed by atoms with Crippen molar-refractivity contribution >= 4 is 43.6 Å². The van der Waals surface area contributed by atoms with Gasteiger partial charge in [0.2, 0.25) is 0 Å². The number of nitrogens with zero attached hydrogens (tertiary/aromatic N) is 4. The maximum Gasteiger partial charge on any atom is 0.160 e. The Bertz CT molecular complexity index is 2670. The summed E-state index contributed by atoms with van der Waals surface area (Å²) in [5.41, 5.74) is 11.6. The molecule has 234 valence electrons. The van der Waals surface area contributed by atoms with Gasteiger partial charge in [0, 0.05) is 49.6 Å². The zero-order valence-corrected chi connectivity index (χ0v) is 27.1. The molecule has 0 spiro atoms. The van der Waals surface area contributed by atoms with Crippen LogP contribution in [0.15, 0.2) is 182 Å². The van der Waals surface area contributed by atoms with Crippen LogP contribution < -0.4 is 0 Å². The molecule has 4 nitrogen and oxygen atoms in total. The summed E-state index contributed by atoms with van der Waals surface area (Å²) in [6.45, 7) is 0. The van der Waals surface area contributed by atoms with Crippen LogP contribution in [0.4, 0.5) is 0 Å². The van der Waals surface area contributed by atoms with Gasteiger partial charge < -0.3 is 9.13 Å². The van der Waals surface area contributed by atoms with Crippen LogP contribution in [0.25, 0.3) is 88.9 Å². The molecule has 0 N–H and O–H groups in total. The third kappa shape index (κ3) is 4.39. The molecule has 3 aromatic heterocycles. The molecule has 0 unspecified atom stereocenters. The molecule has 0 aliphatic heterocycles. The van der Waals surface area contributed by atoms with E-state index < -0.39 is 0 Å². The van der Waals surface area contributed by atoms with Crippen LogP contribution in [0.2, 0.25) is 0 Å². The minimum atomic E-state index is 0.692. The molecule has 0 fully saturated rings. The molecule has 0 saturated heterocycles. The molecule has 0 bridgehead atoms. The molecular weight excluding hydrogens is 609 g/mol. The first-order chi connectivity index (χ1) is 24.8. The summed E-state index contributed by atoms with van der Waals surface area (Å²) in [5.74, 6) is 0.692. The summed E-state index contributed by atoms with van der Waals surface area (Å²) in [6, 6.07) is 64.1. The van der Waals surface area contributed by atoms with Gasteiger partial charge in [-0.2, -0.15) is 0 Å². The van der Waals surface area contributed by atoms with E-state index in [9.17, 15) is 0 Å². The van der Waals surface area contributed by atoms with Crippen molar-refractivity contribution in [1.29, 1.82) is 0 Å². The summed E-state index contributed by atoms with van der Waals surface area (Å²) >= 11 is 0. The van der Waals surface area contributed by atoms with Crippen molar-refractivity contribution in [3.63, 3.8) is 0 Å². The number of fused-ring (bicyclic) bond motifs is 6. The second-order valence-corrected chi connectivity index (χ2v) is 12.6. The normalized spacial score (nSPS) is 11.6. The van der Waals surface area contributed by atoms with E-state index in [1.54, 1.807) is 0 Å². The monoisotopic (exact) mass is 638 g/mol. The first kappa shape index (κ1) is 28.3. The Balaban J connectivity index is 1.31. The smallest absolute Gasteiger partial charge is 0.160 e. The van der Waals surface area contributed by atoms with Crippen LogP contribution in [-0.4, -0.2) is 19.1 Å². The summed E-state index contributed by atoms with van der Waals surface area (Å²) in [4.78, 5) is 10.7. The Morgan fingerprint density at radius 1 is 0.340 bits per heavy atom. The molecule has 3 heterocycles. The lowest BCUT2D eigenvalue weighted by Crippen LogP contribution is -2.00. The molecule has 7 aromatic carbocycles. The zero-order chi connectivity index (χ0) is 33.0. The topological polar surface area (TPSA) is 35.6 Å². The first-order valence-corrected chi connectivity index (χ1v) is 16.9. The Morgan fingerprint density at radius 2 is 0.740 bits per heavy atom. The molecule has 0 radical (unpaired) electrons. The van der Waals surface area contributed by atoms with Crippen molar-refractivity contribution in [1.82, 2.24) is 19.1 Å². The Morgan fingerprint density at radius 3 is 1.22 bits per heavy atom. The third-order valence-electron chi connectivity index (χ3n) is 9.73. The lowest BCUT2D eigenvalue weighted by molar-refractivity contribution is 1.16. The Labute approximate surface area is 289 Å². The van der Waals surface area contributed by atoms with E-state index in [0.29, 0.717) is 5.82 Å². The fourth-order valence-corrected chi connectivity index (χ4v) is 7.58. The van der Waals surface area contributed by atoms with Gasteiger partial charge in [-0.25, -0.2) is 9.97 Å². The van der Waals surface area contributed by atoms with Gasteiger partial charge in [0.25, 0.3) is 0 Å². The second-order valence-electron chi connectivity index (χ2n) is 12.6. The molecule has 10 aromatic rings. The fraction of sp³-hybridized carbons (Fsp3) is 0. The SMILES string of the molecule is c1ccc(-c2nc(-c3cccc4c5ccccc5n(-c5ccccc5)c34)cc(-c3cccc4c5ccccc5n(-c5ccccc5)c34)n2)cc1. The molecule has 10 rings (SSSR count). The van der Waals surface area contributed by atoms with Crippen molar-refractivity contribution in [2.45, 2.75) is 0 Å². The van der Waals surface area contributed by atoms with E-state index in [4.69, 9.17) is 9.97 Å². The molecular formula is C46H30N4. The van der Waals surface area contributed by atoms with Gasteiger partial charge in [-0.1, -0.05) is 140 Å². The van der Waals surface area contributed by atoms with Gasteiger partial charge >= 0.3 is 0 Å². The lowest BCUT2D eigenvalue weighted by Gasteiger charge is -2.15. The van der Waals surface area contributed by atoms with E-state index in [1.165, 1.54) is 21.5 Å². The van der Waals surface area contributed by atoms with E-state index in [0.717, 1.165) is 61.5 Å². The van der Waals surface area contributed by atoms with Crippen LogP contribution in [0.5, 0.6) is 0 Å². The van der Waals surface area contributed by atoms with Gasteiger partial charge in [-0.3, -0.25) is 0 Å². The van der Waals surface area contributed by atoms with Gasteiger partial charge in [0.05, 0.1) is 33.5 Å². The lowest BCUT2D eigenvalue weighted by atomic mass is 10.0. The highest BCUT2D eigenvalue weighted by molar-refractivity contribution is 6.15. The average molecular weight is 639 g/mol. The summed E-state index contributed by atoms with van der Waals surface area (Å²) in [5, 5.41) is 4.80. The van der Waals surface area contributed by atoms with Crippen LogP contribution in [0, 0.1) is 0 Å². The Kier molecular flexibility index (Phi) is 6.46. The van der Waals surface area contributed by atoms with Crippen molar-refractivity contribution < 1.29 is 0 Å². The number of benzene rings is 7. The number of hydrogen-bond acceptors (Lipinski definition) is 2. The largest absolute Gasteiger partial charge is 0.309 e. The van der Waals surface area contributed by atoms with Gasteiger partial charge in [-0.15, -0.1) is 0 Å². The van der Waals surface area contributed by atoms with Crippen molar-refractivity contribution in [2.75, 3.05) is 0 Å². The predicted molar refractivity (Wildman–Crippen MR) is 207 cm³/mol. The fourth-order valence-electron chi connectivity index (χ4n) is 7.58. The van der Waals surface area contributed by atoms with Gasteiger partial charge in [-0.05, 0) is 42.5 Å². The highest BCUT2D eigenvalue weighted by atomic mass is 15.0. The number of hydrogen-bond donors (Lipinski definition) is 0.